The predicted octanol–water partition coefficient (Wildman–Crippen LogP) is 4.35. The second-order valence-corrected chi connectivity index (χ2v) is 6.59. The van der Waals surface area contributed by atoms with Gasteiger partial charge in [0.1, 0.15) is 0 Å². The summed E-state index contributed by atoms with van der Waals surface area (Å²) in [5.41, 5.74) is 3.32. The van der Waals surface area contributed by atoms with E-state index >= 15 is 0 Å². The Balaban J connectivity index is 1.71. The molecular weight excluding hydrogens is 296 g/mol. The highest BCUT2D eigenvalue weighted by atomic mass is 15.4. The topological polar surface area (TPSA) is 43.6 Å². The third-order valence-electron chi connectivity index (χ3n) is 4.72. The normalized spacial score (nSPS) is 15.0. The van der Waals surface area contributed by atoms with Gasteiger partial charge in [-0.1, -0.05) is 43.2 Å². The van der Waals surface area contributed by atoms with Crippen molar-refractivity contribution in [2.24, 2.45) is 0 Å². The lowest BCUT2D eigenvalue weighted by Crippen LogP contribution is -2.09. The molecule has 3 aromatic rings. The summed E-state index contributed by atoms with van der Waals surface area (Å²) in [7, 11) is 0. The second kappa shape index (κ2) is 6.56. The lowest BCUT2D eigenvalue weighted by molar-refractivity contribution is 0.468. The average molecular weight is 318 g/mol. The fourth-order valence-electron chi connectivity index (χ4n) is 3.42. The minimum Gasteiger partial charge on any atom is -0.261 e. The van der Waals surface area contributed by atoms with Crippen LogP contribution in [0.3, 0.4) is 0 Å². The quantitative estimate of drug-likeness (QED) is 0.718. The number of hydrogen-bond acceptors (Lipinski definition) is 3. The molecule has 0 aliphatic heterocycles. The van der Waals surface area contributed by atoms with Crippen LogP contribution in [0.4, 0.5) is 0 Å². The van der Waals surface area contributed by atoms with E-state index in [1.165, 1.54) is 31.2 Å². The number of pyridine rings is 1. The maximum absolute atomic E-state index is 4.86. The maximum atomic E-state index is 4.86. The minimum atomic E-state index is 0.471. The third-order valence-corrected chi connectivity index (χ3v) is 4.72. The highest BCUT2D eigenvalue weighted by Crippen LogP contribution is 2.32. The molecule has 0 amide bonds. The molecule has 4 rings (SSSR count). The van der Waals surface area contributed by atoms with Gasteiger partial charge in [-0.05, 0) is 37.5 Å². The zero-order valence-electron chi connectivity index (χ0n) is 14.0. The SMILES string of the molecule is Cc1ccc(-c2nc(Cc3ccccc3)nn2C2CCCC2)cn1. The highest BCUT2D eigenvalue weighted by Gasteiger charge is 2.23. The minimum absolute atomic E-state index is 0.471. The first-order valence-electron chi connectivity index (χ1n) is 8.72. The molecule has 4 heteroatoms. The van der Waals surface area contributed by atoms with Crippen LogP contribution in [-0.4, -0.2) is 19.7 Å². The molecule has 1 aliphatic carbocycles. The summed E-state index contributed by atoms with van der Waals surface area (Å²) in [5.74, 6) is 1.85. The van der Waals surface area contributed by atoms with Gasteiger partial charge in [0.25, 0.3) is 0 Å². The molecule has 0 atom stereocenters. The van der Waals surface area contributed by atoms with Crippen LogP contribution in [0.2, 0.25) is 0 Å². The summed E-state index contributed by atoms with van der Waals surface area (Å²) in [6.45, 7) is 2.01. The van der Waals surface area contributed by atoms with Crippen LogP contribution >= 0.6 is 0 Å². The standard InChI is InChI=1S/C20H22N4/c1-15-11-12-17(14-21-15)20-22-19(13-16-7-3-2-4-8-16)23-24(20)18-9-5-6-10-18/h2-4,7-8,11-12,14,18H,5-6,9-10,13H2,1H3. The zero-order valence-corrected chi connectivity index (χ0v) is 14.0. The summed E-state index contributed by atoms with van der Waals surface area (Å²) < 4.78 is 2.15. The third kappa shape index (κ3) is 3.09. The van der Waals surface area contributed by atoms with Gasteiger partial charge in [-0.25, -0.2) is 9.67 Å². The molecule has 1 saturated carbocycles. The highest BCUT2D eigenvalue weighted by molar-refractivity contribution is 5.54. The molecule has 122 valence electrons. The Bertz CT molecular complexity index is 799. The van der Waals surface area contributed by atoms with E-state index in [0.29, 0.717) is 6.04 Å². The van der Waals surface area contributed by atoms with Crippen molar-refractivity contribution in [1.29, 1.82) is 0 Å². The molecule has 24 heavy (non-hydrogen) atoms. The Morgan fingerprint density at radius 1 is 1.04 bits per heavy atom. The molecule has 2 aromatic heterocycles. The van der Waals surface area contributed by atoms with Crippen LogP contribution in [0.15, 0.2) is 48.7 Å². The van der Waals surface area contributed by atoms with Crippen molar-refractivity contribution in [2.45, 2.75) is 45.1 Å². The van der Waals surface area contributed by atoms with Crippen molar-refractivity contribution in [3.05, 3.63) is 65.7 Å². The van der Waals surface area contributed by atoms with Crippen LogP contribution < -0.4 is 0 Å². The van der Waals surface area contributed by atoms with E-state index in [4.69, 9.17) is 10.1 Å². The zero-order chi connectivity index (χ0) is 16.4. The molecule has 0 bridgehead atoms. The van der Waals surface area contributed by atoms with Gasteiger partial charge in [-0.2, -0.15) is 5.10 Å². The van der Waals surface area contributed by atoms with Gasteiger partial charge in [0.05, 0.1) is 6.04 Å². The first-order chi connectivity index (χ1) is 11.8. The van der Waals surface area contributed by atoms with Crippen LogP contribution in [0, 0.1) is 6.92 Å². The molecule has 0 N–H and O–H groups in total. The van der Waals surface area contributed by atoms with Crippen molar-refractivity contribution in [1.82, 2.24) is 19.7 Å². The number of aromatic nitrogens is 4. The number of nitrogens with zero attached hydrogens (tertiary/aromatic N) is 4. The Morgan fingerprint density at radius 2 is 1.83 bits per heavy atom. The summed E-state index contributed by atoms with van der Waals surface area (Å²) in [4.78, 5) is 9.30. The summed E-state index contributed by atoms with van der Waals surface area (Å²) in [6, 6.07) is 15.0. The van der Waals surface area contributed by atoms with Crippen molar-refractivity contribution in [2.75, 3.05) is 0 Å². The fraction of sp³-hybridized carbons (Fsp3) is 0.350. The number of rotatable bonds is 4. The summed E-state index contributed by atoms with van der Waals surface area (Å²) >= 11 is 0. The van der Waals surface area contributed by atoms with Gasteiger partial charge in [0, 0.05) is 23.9 Å². The molecule has 0 radical (unpaired) electrons. The van der Waals surface area contributed by atoms with Crippen molar-refractivity contribution in [3.63, 3.8) is 0 Å². The van der Waals surface area contributed by atoms with Crippen molar-refractivity contribution >= 4 is 0 Å². The molecule has 0 spiro atoms. The fourth-order valence-corrected chi connectivity index (χ4v) is 3.42. The summed E-state index contributed by atoms with van der Waals surface area (Å²) in [6.07, 6.45) is 7.64. The molecule has 4 nitrogen and oxygen atoms in total. The Kier molecular flexibility index (Phi) is 4.11. The van der Waals surface area contributed by atoms with E-state index in [2.05, 4.69) is 40.0 Å². The Morgan fingerprint density at radius 3 is 2.54 bits per heavy atom. The van der Waals surface area contributed by atoms with Crippen LogP contribution in [0.5, 0.6) is 0 Å². The molecule has 2 heterocycles. The molecule has 1 aliphatic rings. The molecule has 1 aromatic carbocycles. The monoisotopic (exact) mass is 318 g/mol. The smallest absolute Gasteiger partial charge is 0.160 e. The summed E-state index contributed by atoms with van der Waals surface area (Å²) in [5, 5.41) is 4.86. The van der Waals surface area contributed by atoms with Crippen molar-refractivity contribution in [3.8, 4) is 11.4 Å². The van der Waals surface area contributed by atoms with E-state index in [9.17, 15) is 0 Å². The largest absolute Gasteiger partial charge is 0.261 e. The van der Waals surface area contributed by atoms with Gasteiger partial charge in [-0.3, -0.25) is 4.98 Å². The van der Waals surface area contributed by atoms with Gasteiger partial charge in [0.15, 0.2) is 11.6 Å². The van der Waals surface area contributed by atoms with Crippen LogP contribution in [-0.2, 0) is 6.42 Å². The lowest BCUT2D eigenvalue weighted by Gasteiger charge is -2.12. The lowest BCUT2D eigenvalue weighted by atomic mass is 10.1. The predicted molar refractivity (Wildman–Crippen MR) is 94.7 cm³/mol. The van der Waals surface area contributed by atoms with E-state index < -0.39 is 0 Å². The molecule has 1 fully saturated rings. The maximum Gasteiger partial charge on any atom is 0.160 e. The van der Waals surface area contributed by atoms with Gasteiger partial charge in [-0.15, -0.1) is 0 Å². The number of benzene rings is 1. The first kappa shape index (κ1) is 15.1. The average Bonchev–Trinajstić information content (AvgIpc) is 3.26. The Hall–Kier alpha value is -2.49. The van der Waals surface area contributed by atoms with Gasteiger partial charge >= 0.3 is 0 Å². The first-order valence-corrected chi connectivity index (χ1v) is 8.72. The van der Waals surface area contributed by atoms with Gasteiger partial charge < -0.3 is 0 Å². The van der Waals surface area contributed by atoms with E-state index in [1.54, 1.807) is 0 Å². The Labute approximate surface area is 142 Å². The molecular formula is C20H22N4. The molecule has 0 unspecified atom stereocenters. The van der Waals surface area contributed by atoms with E-state index in [0.717, 1.165) is 29.3 Å². The van der Waals surface area contributed by atoms with Crippen LogP contribution in [0.25, 0.3) is 11.4 Å². The van der Waals surface area contributed by atoms with Crippen molar-refractivity contribution < 1.29 is 0 Å². The second-order valence-electron chi connectivity index (χ2n) is 6.59. The van der Waals surface area contributed by atoms with E-state index in [-0.39, 0.29) is 0 Å². The molecule has 0 saturated heterocycles. The number of hydrogen-bond donors (Lipinski definition) is 0. The number of aryl methyl sites for hydroxylation is 1. The van der Waals surface area contributed by atoms with E-state index in [1.807, 2.05) is 25.3 Å². The van der Waals surface area contributed by atoms with Crippen LogP contribution in [0.1, 0.15) is 48.8 Å². The van der Waals surface area contributed by atoms with Gasteiger partial charge in [0.2, 0.25) is 0 Å².